The van der Waals surface area contributed by atoms with Crippen molar-refractivity contribution in [3.63, 3.8) is 0 Å². The lowest BCUT2D eigenvalue weighted by molar-refractivity contribution is 0.0691. The molecule has 1 unspecified atom stereocenters. The van der Waals surface area contributed by atoms with Crippen LogP contribution in [0.2, 0.25) is 0 Å². The number of carbonyl (C=O) groups excluding carboxylic acids is 1. The van der Waals surface area contributed by atoms with E-state index in [2.05, 4.69) is 5.32 Å². The summed E-state index contributed by atoms with van der Waals surface area (Å²) in [7, 11) is 0. The van der Waals surface area contributed by atoms with Crippen LogP contribution in [0.4, 0.5) is 0 Å². The van der Waals surface area contributed by atoms with Gasteiger partial charge in [0.05, 0.1) is 17.0 Å². The lowest BCUT2D eigenvalue weighted by Gasteiger charge is -2.08. The van der Waals surface area contributed by atoms with Crippen LogP contribution in [0.3, 0.4) is 0 Å². The minimum atomic E-state index is -2.41. The van der Waals surface area contributed by atoms with Crippen LogP contribution in [0.5, 0.6) is 0 Å². The molecule has 2 N–H and O–H groups in total. The van der Waals surface area contributed by atoms with Gasteiger partial charge in [0.2, 0.25) is 0 Å². The Morgan fingerprint density at radius 3 is 2.38 bits per heavy atom. The van der Waals surface area contributed by atoms with E-state index in [4.69, 9.17) is 5.11 Å². The van der Waals surface area contributed by atoms with Crippen molar-refractivity contribution in [3.8, 4) is 0 Å². The van der Waals surface area contributed by atoms with E-state index >= 15 is 0 Å². The first-order valence-electron chi connectivity index (χ1n) is 4.18. The van der Waals surface area contributed by atoms with Crippen molar-refractivity contribution in [1.82, 2.24) is 5.32 Å². The molecule has 1 aromatic rings. The van der Waals surface area contributed by atoms with Gasteiger partial charge in [-0.15, -0.1) is 0 Å². The van der Waals surface area contributed by atoms with Crippen LogP contribution >= 0.6 is 0 Å². The summed E-state index contributed by atoms with van der Waals surface area (Å²) in [5.74, 6) is -2.52. The van der Waals surface area contributed by atoms with Crippen molar-refractivity contribution in [3.05, 3.63) is 35.4 Å². The number of rotatable bonds is 4. The largest absolute Gasteiger partial charge is 0.771 e. The minimum absolute atomic E-state index is 0.0690. The summed E-state index contributed by atoms with van der Waals surface area (Å²) in [6.45, 7) is 0. The van der Waals surface area contributed by atoms with Gasteiger partial charge in [-0.2, -0.15) is 0 Å². The molecular weight excluding hydrogens is 234 g/mol. The fourth-order valence-electron chi connectivity index (χ4n) is 1.09. The van der Waals surface area contributed by atoms with E-state index in [1.54, 1.807) is 0 Å². The zero-order chi connectivity index (χ0) is 12.1. The molecule has 0 aliphatic rings. The second-order valence-corrected chi connectivity index (χ2v) is 3.70. The number of benzene rings is 1. The summed E-state index contributed by atoms with van der Waals surface area (Å²) in [5, 5.41) is 10.9. The zero-order valence-electron chi connectivity index (χ0n) is 8.00. The highest BCUT2D eigenvalue weighted by Crippen LogP contribution is 2.08. The van der Waals surface area contributed by atoms with Crippen LogP contribution in [0, 0.1) is 0 Å². The van der Waals surface area contributed by atoms with Gasteiger partial charge in [0.1, 0.15) is 0 Å². The predicted molar refractivity (Wildman–Crippen MR) is 54.7 cm³/mol. The number of amides is 1. The molecule has 0 aliphatic heterocycles. The second-order valence-electron chi connectivity index (χ2n) is 2.80. The standard InChI is InChI=1S/C9H9NO5S/c11-8(10-5-16(14)15)6-3-1-2-4-7(6)9(12)13/h1-4H,5H2,(H,10,11)(H,12,13)(H,14,15)/p-1. The van der Waals surface area contributed by atoms with Crippen molar-refractivity contribution in [2.24, 2.45) is 0 Å². The molecule has 0 aromatic heterocycles. The van der Waals surface area contributed by atoms with E-state index < -0.39 is 28.8 Å². The van der Waals surface area contributed by atoms with Crippen molar-refractivity contribution in [2.75, 3.05) is 5.88 Å². The van der Waals surface area contributed by atoms with Crippen molar-refractivity contribution >= 4 is 23.0 Å². The number of carboxylic acids is 1. The van der Waals surface area contributed by atoms with Crippen LogP contribution < -0.4 is 5.32 Å². The highest BCUT2D eigenvalue weighted by atomic mass is 32.2. The molecule has 1 rings (SSSR count). The van der Waals surface area contributed by atoms with E-state index in [1.807, 2.05) is 0 Å². The Hall–Kier alpha value is -1.73. The van der Waals surface area contributed by atoms with Crippen LogP contribution in [-0.4, -0.2) is 31.6 Å². The first-order chi connectivity index (χ1) is 7.52. The van der Waals surface area contributed by atoms with Gasteiger partial charge in [0.15, 0.2) is 0 Å². The van der Waals surface area contributed by atoms with Crippen LogP contribution in [0.25, 0.3) is 0 Å². The number of carboxylic acid groups (broad SMARTS) is 1. The number of carbonyl (C=O) groups is 2. The van der Waals surface area contributed by atoms with E-state index in [1.165, 1.54) is 24.3 Å². The minimum Gasteiger partial charge on any atom is -0.771 e. The first-order valence-corrected chi connectivity index (χ1v) is 5.43. The summed E-state index contributed by atoms with van der Waals surface area (Å²) in [6.07, 6.45) is 0. The van der Waals surface area contributed by atoms with Gasteiger partial charge in [-0.05, 0) is 23.2 Å². The molecule has 0 aliphatic carbocycles. The maximum absolute atomic E-state index is 11.4. The van der Waals surface area contributed by atoms with Gasteiger partial charge in [0, 0.05) is 0 Å². The maximum atomic E-state index is 11.4. The monoisotopic (exact) mass is 242 g/mol. The molecule has 16 heavy (non-hydrogen) atoms. The average Bonchev–Trinajstić information content (AvgIpc) is 2.25. The first kappa shape index (κ1) is 12.3. The number of hydrogen-bond acceptors (Lipinski definition) is 4. The van der Waals surface area contributed by atoms with Crippen LogP contribution in [0.1, 0.15) is 20.7 Å². The quantitative estimate of drug-likeness (QED) is 0.720. The fraction of sp³-hybridized carbons (Fsp3) is 0.111. The lowest BCUT2D eigenvalue weighted by atomic mass is 10.1. The molecule has 0 fully saturated rings. The third-order valence-electron chi connectivity index (χ3n) is 1.75. The molecule has 6 nitrogen and oxygen atoms in total. The van der Waals surface area contributed by atoms with Crippen LogP contribution in [0.15, 0.2) is 24.3 Å². The Labute approximate surface area is 93.6 Å². The number of aromatic carboxylic acids is 1. The molecule has 0 heterocycles. The third-order valence-corrected chi connectivity index (χ3v) is 2.13. The van der Waals surface area contributed by atoms with E-state index in [-0.39, 0.29) is 11.1 Å². The van der Waals surface area contributed by atoms with Crippen molar-refractivity contribution < 1.29 is 23.5 Å². The number of hydrogen-bond donors (Lipinski definition) is 2. The number of nitrogens with one attached hydrogen (secondary N) is 1. The molecule has 86 valence electrons. The highest BCUT2D eigenvalue weighted by Gasteiger charge is 2.14. The molecule has 0 saturated heterocycles. The zero-order valence-corrected chi connectivity index (χ0v) is 8.82. The molecule has 1 atom stereocenters. The topological polar surface area (TPSA) is 107 Å². The molecule has 0 radical (unpaired) electrons. The normalized spacial score (nSPS) is 11.8. The van der Waals surface area contributed by atoms with Crippen LogP contribution in [-0.2, 0) is 11.1 Å². The molecule has 0 bridgehead atoms. The van der Waals surface area contributed by atoms with E-state index in [0.717, 1.165) is 0 Å². The Balaban J connectivity index is 2.90. The molecule has 0 spiro atoms. The van der Waals surface area contributed by atoms with Crippen molar-refractivity contribution in [2.45, 2.75) is 0 Å². The Morgan fingerprint density at radius 2 is 1.88 bits per heavy atom. The summed E-state index contributed by atoms with van der Waals surface area (Å²) in [4.78, 5) is 22.2. The second kappa shape index (κ2) is 5.38. The lowest BCUT2D eigenvalue weighted by Crippen LogP contribution is -2.28. The molecule has 1 aromatic carbocycles. The summed E-state index contributed by atoms with van der Waals surface area (Å²) < 4.78 is 20.4. The SMILES string of the molecule is O=C(O)c1ccccc1C(=O)NCS(=O)[O-]. The summed E-state index contributed by atoms with van der Waals surface area (Å²) in [5.41, 5.74) is -0.239. The molecular formula is C9H8NO5S-. The Kier molecular flexibility index (Phi) is 4.15. The Bertz CT molecular complexity index is 445. The van der Waals surface area contributed by atoms with Gasteiger partial charge in [0.25, 0.3) is 5.91 Å². The van der Waals surface area contributed by atoms with E-state index in [9.17, 15) is 18.4 Å². The molecule has 1 amide bonds. The van der Waals surface area contributed by atoms with Gasteiger partial charge in [-0.25, -0.2) is 4.79 Å². The van der Waals surface area contributed by atoms with Crippen molar-refractivity contribution in [1.29, 1.82) is 0 Å². The third kappa shape index (κ3) is 3.14. The average molecular weight is 242 g/mol. The summed E-state index contributed by atoms with van der Waals surface area (Å²) in [6, 6.07) is 5.55. The highest BCUT2D eigenvalue weighted by molar-refractivity contribution is 7.79. The Morgan fingerprint density at radius 1 is 1.31 bits per heavy atom. The molecule has 7 heteroatoms. The maximum Gasteiger partial charge on any atom is 0.336 e. The van der Waals surface area contributed by atoms with Gasteiger partial charge in [-0.1, -0.05) is 12.1 Å². The van der Waals surface area contributed by atoms with E-state index in [0.29, 0.717) is 0 Å². The summed E-state index contributed by atoms with van der Waals surface area (Å²) >= 11 is -2.41. The smallest absolute Gasteiger partial charge is 0.336 e. The molecule has 0 saturated carbocycles. The van der Waals surface area contributed by atoms with Gasteiger partial charge in [-0.3, -0.25) is 9.00 Å². The fourth-order valence-corrected chi connectivity index (χ4v) is 1.34. The predicted octanol–water partition coefficient (Wildman–Crippen LogP) is -0.0488. The van der Waals surface area contributed by atoms with Gasteiger partial charge >= 0.3 is 5.97 Å². The van der Waals surface area contributed by atoms with Gasteiger partial charge < -0.3 is 15.0 Å².